The molecule has 0 spiro atoms. The third-order valence-electron chi connectivity index (χ3n) is 2.10. The lowest BCUT2D eigenvalue weighted by Crippen LogP contribution is -2.17. The maximum atomic E-state index is 5.68. The zero-order valence-electron chi connectivity index (χ0n) is 9.16. The lowest BCUT2D eigenvalue weighted by atomic mass is 10.2. The van der Waals surface area contributed by atoms with Crippen LogP contribution in [0.15, 0.2) is 22.9 Å². The van der Waals surface area contributed by atoms with Crippen LogP contribution in [-0.2, 0) is 11.3 Å². The molecule has 1 unspecified atom stereocenters. The largest absolute Gasteiger partial charge is 0.374 e. The maximum absolute atomic E-state index is 5.68. The van der Waals surface area contributed by atoms with Crippen molar-refractivity contribution >= 4 is 15.9 Å². The molecule has 1 aromatic rings. The van der Waals surface area contributed by atoms with Crippen LogP contribution in [-0.4, -0.2) is 24.7 Å². The summed E-state index contributed by atoms with van der Waals surface area (Å²) < 4.78 is 6.68. The number of rotatable bonds is 6. The zero-order valence-corrected chi connectivity index (χ0v) is 10.8. The molecule has 1 heterocycles. The van der Waals surface area contributed by atoms with Crippen molar-refractivity contribution in [3.05, 3.63) is 28.5 Å². The van der Waals surface area contributed by atoms with Gasteiger partial charge < -0.3 is 10.1 Å². The predicted molar refractivity (Wildman–Crippen MR) is 64.7 cm³/mol. The van der Waals surface area contributed by atoms with E-state index in [1.54, 1.807) is 6.20 Å². The lowest BCUT2D eigenvalue weighted by Gasteiger charge is -2.12. The van der Waals surface area contributed by atoms with Crippen LogP contribution >= 0.6 is 15.9 Å². The summed E-state index contributed by atoms with van der Waals surface area (Å²) in [5, 5.41) is 3.11. The maximum Gasteiger partial charge on any atom is 0.0735 e. The van der Waals surface area contributed by atoms with Crippen LogP contribution in [0, 0.1) is 0 Å². The van der Waals surface area contributed by atoms with Gasteiger partial charge in [-0.2, -0.15) is 0 Å². The number of halogens is 1. The van der Waals surface area contributed by atoms with Gasteiger partial charge >= 0.3 is 0 Å². The molecule has 84 valence electrons. The molecule has 1 aromatic heterocycles. The molecule has 0 bridgehead atoms. The molecule has 1 rings (SSSR count). The van der Waals surface area contributed by atoms with Crippen molar-refractivity contribution in [2.75, 3.05) is 13.6 Å². The first-order chi connectivity index (χ1) is 7.22. The fourth-order valence-corrected chi connectivity index (χ4v) is 1.62. The van der Waals surface area contributed by atoms with Crippen molar-refractivity contribution in [1.29, 1.82) is 0 Å². The zero-order chi connectivity index (χ0) is 11.1. The Hall–Kier alpha value is -0.450. The van der Waals surface area contributed by atoms with Gasteiger partial charge in [0, 0.05) is 16.9 Å². The van der Waals surface area contributed by atoms with Gasteiger partial charge in [0.2, 0.25) is 0 Å². The number of nitrogens with zero attached hydrogens (tertiary/aromatic N) is 1. The summed E-state index contributed by atoms with van der Waals surface area (Å²) in [6, 6.07) is 2.03. The Morgan fingerprint density at radius 2 is 2.33 bits per heavy atom. The molecular formula is C11H17BrN2O. The van der Waals surface area contributed by atoms with Crippen molar-refractivity contribution in [3.63, 3.8) is 0 Å². The summed E-state index contributed by atoms with van der Waals surface area (Å²) in [6.45, 7) is 3.69. The average molecular weight is 273 g/mol. The highest BCUT2D eigenvalue weighted by molar-refractivity contribution is 9.10. The van der Waals surface area contributed by atoms with Gasteiger partial charge in [0.1, 0.15) is 0 Å². The summed E-state index contributed by atoms with van der Waals surface area (Å²) in [7, 11) is 1.95. The Morgan fingerprint density at radius 3 is 3.00 bits per heavy atom. The van der Waals surface area contributed by atoms with E-state index < -0.39 is 0 Å². The normalized spacial score (nSPS) is 12.7. The van der Waals surface area contributed by atoms with Gasteiger partial charge in [-0.1, -0.05) is 0 Å². The average Bonchev–Trinajstić information content (AvgIpc) is 2.23. The molecule has 1 N–H and O–H groups in total. The highest BCUT2D eigenvalue weighted by Gasteiger charge is 2.02. The summed E-state index contributed by atoms with van der Waals surface area (Å²) >= 11 is 3.38. The second-order valence-electron chi connectivity index (χ2n) is 3.53. The quantitative estimate of drug-likeness (QED) is 0.864. The molecule has 15 heavy (non-hydrogen) atoms. The van der Waals surface area contributed by atoms with Crippen LogP contribution in [0.4, 0.5) is 0 Å². The van der Waals surface area contributed by atoms with E-state index in [-0.39, 0.29) is 6.10 Å². The minimum absolute atomic E-state index is 0.274. The SMILES string of the molecule is CNCCC(C)OCc1cncc(Br)c1. The van der Waals surface area contributed by atoms with E-state index in [0.717, 1.165) is 23.0 Å². The standard InChI is InChI=1S/C11H17BrN2O/c1-9(3-4-13-2)15-8-10-5-11(12)7-14-6-10/h5-7,9,13H,3-4,8H2,1-2H3. The molecule has 0 aromatic carbocycles. The summed E-state index contributed by atoms with van der Waals surface area (Å²) in [4.78, 5) is 4.09. The fourth-order valence-electron chi connectivity index (χ4n) is 1.20. The lowest BCUT2D eigenvalue weighted by molar-refractivity contribution is 0.0479. The molecule has 0 aliphatic heterocycles. The second kappa shape index (κ2) is 6.93. The number of hydrogen-bond acceptors (Lipinski definition) is 3. The Balaban J connectivity index is 2.30. The molecule has 0 amide bonds. The minimum atomic E-state index is 0.274. The molecule has 0 aliphatic rings. The number of ether oxygens (including phenoxy) is 1. The van der Waals surface area contributed by atoms with Crippen LogP contribution in [0.1, 0.15) is 18.9 Å². The van der Waals surface area contributed by atoms with Gasteiger partial charge in [-0.3, -0.25) is 4.98 Å². The molecule has 1 atom stereocenters. The van der Waals surface area contributed by atoms with Crippen LogP contribution in [0.3, 0.4) is 0 Å². The fraction of sp³-hybridized carbons (Fsp3) is 0.545. The monoisotopic (exact) mass is 272 g/mol. The predicted octanol–water partition coefficient (Wildman–Crippen LogP) is 2.36. The Bertz CT molecular complexity index is 294. The van der Waals surface area contributed by atoms with Gasteiger partial charge in [0.05, 0.1) is 12.7 Å². The number of nitrogens with one attached hydrogen (secondary N) is 1. The molecule has 0 radical (unpaired) electrons. The third kappa shape index (κ3) is 5.25. The summed E-state index contributed by atoms with van der Waals surface area (Å²) in [5.41, 5.74) is 1.10. The van der Waals surface area contributed by atoms with Gasteiger partial charge in [-0.05, 0) is 54.5 Å². The van der Waals surface area contributed by atoms with Crippen molar-refractivity contribution in [3.8, 4) is 0 Å². The van der Waals surface area contributed by atoms with E-state index >= 15 is 0 Å². The van der Waals surface area contributed by atoms with Crippen LogP contribution in [0.5, 0.6) is 0 Å². The van der Waals surface area contributed by atoms with E-state index in [9.17, 15) is 0 Å². The van der Waals surface area contributed by atoms with E-state index in [0.29, 0.717) is 6.61 Å². The first-order valence-electron chi connectivity index (χ1n) is 5.08. The van der Waals surface area contributed by atoms with E-state index in [2.05, 4.69) is 33.2 Å². The molecule has 3 nitrogen and oxygen atoms in total. The Morgan fingerprint density at radius 1 is 1.53 bits per heavy atom. The van der Waals surface area contributed by atoms with Crippen LogP contribution < -0.4 is 5.32 Å². The van der Waals surface area contributed by atoms with Crippen LogP contribution in [0.25, 0.3) is 0 Å². The van der Waals surface area contributed by atoms with Gasteiger partial charge in [0.25, 0.3) is 0 Å². The smallest absolute Gasteiger partial charge is 0.0735 e. The highest BCUT2D eigenvalue weighted by atomic mass is 79.9. The second-order valence-corrected chi connectivity index (χ2v) is 4.44. The summed E-state index contributed by atoms with van der Waals surface area (Å²) in [5.74, 6) is 0. The molecule has 0 aliphatic carbocycles. The highest BCUT2D eigenvalue weighted by Crippen LogP contribution is 2.11. The summed E-state index contributed by atoms with van der Waals surface area (Å²) in [6.07, 6.45) is 4.90. The van der Waals surface area contributed by atoms with Crippen molar-refractivity contribution < 1.29 is 4.74 Å². The first-order valence-corrected chi connectivity index (χ1v) is 5.87. The topological polar surface area (TPSA) is 34.1 Å². The van der Waals surface area contributed by atoms with Crippen LogP contribution in [0.2, 0.25) is 0 Å². The molecule has 0 saturated heterocycles. The molecule has 0 fully saturated rings. The number of pyridine rings is 1. The Kier molecular flexibility index (Phi) is 5.83. The minimum Gasteiger partial charge on any atom is -0.374 e. The third-order valence-corrected chi connectivity index (χ3v) is 2.53. The van der Waals surface area contributed by atoms with Gasteiger partial charge in [-0.15, -0.1) is 0 Å². The molecular weight excluding hydrogens is 256 g/mol. The van der Waals surface area contributed by atoms with E-state index in [1.165, 1.54) is 0 Å². The van der Waals surface area contributed by atoms with E-state index in [4.69, 9.17) is 4.74 Å². The first kappa shape index (κ1) is 12.6. The number of hydrogen-bond donors (Lipinski definition) is 1. The van der Waals surface area contributed by atoms with Crippen molar-refractivity contribution in [1.82, 2.24) is 10.3 Å². The van der Waals surface area contributed by atoms with Crippen molar-refractivity contribution in [2.24, 2.45) is 0 Å². The van der Waals surface area contributed by atoms with E-state index in [1.807, 2.05) is 19.3 Å². The van der Waals surface area contributed by atoms with Gasteiger partial charge in [-0.25, -0.2) is 0 Å². The number of aromatic nitrogens is 1. The van der Waals surface area contributed by atoms with Crippen molar-refractivity contribution in [2.45, 2.75) is 26.1 Å². The molecule has 0 saturated carbocycles. The Labute approximate surface area is 99.4 Å². The molecule has 4 heteroatoms. The van der Waals surface area contributed by atoms with Gasteiger partial charge in [0.15, 0.2) is 0 Å².